The van der Waals surface area contributed by atoms with Gasteiger partial charge in [0.15, 0.2) is 5.75 Å². The normalized spacial score (nSPS) is 14.0. The Balaban J connectivity index is 1.37. The molecule has 1 unspecified atom stereocenters. The summed E-state index contributed by atoms with van der Waals surface area (Å²) in [6.07, 6.45) is 0. The summed E-state index contributed by atoms with van der Waals surface area (Å²) in [5.41, 5.74) is 8.76. The van der Waals surface area contributed by atoms with Crippen molar-refractivity contribution >= 4 is 52.4 Å². The average Bonchev–Trinajstić information content (AvgIpc) is 2.96. The molecule has 0 aliphatic carbocycles. The van der Waals surface area contributed by atoms with Gasteiger partial charge in [0.25, 0.3) is 0 Å². The van der Waals surface area contributed by atoms with Crippen molar-refractivity contribution in [2.24, 2.45) is 5.73 Å². The predicted molar refractivity (Wildman–Crippen MR) is 161 cm³/mol. The van der Waals surface area contributed by atoms with Gasteiger partial charge in [-0.2, -0.15) is 5.26 Å². The monoisotopic (exact) mass is 640 g/mol. The Morgan fingerprint density at radius 3 is 2.26 bits per heavy atom. The Hall–Kier alpha value is -4.06. The highest BCUT2D eigenvalue weighted by molar-refractivity contribution is 6.37. The lowest BCUT2D eigenvalue weighted by atomic mass is 9.83. The molecule has 4 aromatic rings. The molecule has 212 valence electrons. The van der Waals surface area contributed by atoms with Gasteiger partial charge in [-0.05, 0) is 48.0 Å². The number of carbonyl (C=O) groups excluding carboxylic acids is 1. The van der Waals surface area contributed by atoms with Crippen LogP contribution in [0.4, 0.5) is 0 Å². The summed E-state index contributed by atoms with van der Waals surface area (Å²) in [5.74, 6) is 0.124. The maximum atomic E-state index is 12.8. The molecule has 0 aromatic heterocycles. The third kappa shape index (κ3) is 6.08. The molecule has 1 aliphatic rings. The SMILES string of the molecule is COc1c(Cl)cc(C(=O)Oc2ccc3c(c2)OC(N)=C(C#N)C3c2ccc(OCc3ccc(Cl)cc3Cl)cc2)cc1Cl. The molecule has 1 aliphatic heterocycles. The van der Waals surface area contributed by atoms with Crippen LogP contribution in [0.1, 0.15) is 33.0 Å². The van der Waals surface area contributed by atoms with Crippen molar-refractivity contribution < 1.29 is 23.7 Å². The number of halogens is 4. The van der Waals surface area contributed by atoms with E-state index in [1.54, 1.807) is 42.5 Å². The van der Waals surface area contributed by atoms with Gasteiger partial charge >= 0.3 is 5.97 Å². The summed E-state index contributed by atoms with van der Waals surface area (Å²) in [6.45, 7) is 0.252. The molecular formula is C31H20Cl4N2O5. The number of nitriles is 1. The van der Waals surface area contributed by atoms with Gasteiger partial charge in [0.2, 0.25) is 5.88 Å². The first kappa shape index (κ1) is 29.4. The molecule has 7 nitrogen and oxygen atoms in total. The van der Waals surface area contributed by atoms with E-state index in [2.05, 4.69) is 6.07 Å². The van der Waals surface area contributed by atoms with Crippen molar-refractivity contribution in [2.75, 3.05) is 7.11 Å². The number of nitrogens with two attached hydrogens (primary N) is 1. The maximum Gasteiger partial charge on any atom is 0.343 e. The molecule has 5 rings (SSSR count). The number of allylic oxidation sites excluding steroid dienone is 1. The summed E-state index contributed by atoms with van der Waals surface area (Å²) in [5, 5.41) is 11.3. The zero-order chi connectivity index (χ0) is 30.0. The number of carbonyl (C=O) groups is 1. The Morgan fingerprint density at radius 2 is 1.62 bits per heavy atom. The molecule has 0 fully saturated rings. The van der Waals surface area contributed by atoms with Gasteiger partial charge in [0, 0.05) is 27.2 Å². The van der Waals surface area contributed by atoms with E-state index >= 15 is 0 Å². The zero-order valence-electron chi connectivity index (χ0n) is 21.8. The van der Waals surface area contributed by atoms with Crippen LogP contribution in [0, 0.1) is 11.3 Å². The quantitative estimate of drug-likeness (QED) is 0.160. The molecule has 0 radical (unpaired) electrons. The lowest BCUT2D eigenvalue weighted by Crippen LogP contribution is -2.21. The summed E-state index contributed by atoms with van der Waals surface area (Å²) in [4.78, 5) is 12.8. The average molecular weight is 642 g/mol. The minimum absolute atomic E-state index is 0.0510. The largest absolute Gasteiger partial charge is 0.494 e. The Bertz CT molecular complexity index is 1740. The fourth-order valence-corrected chi connectivity index (χ4v) is 5.54. The van der Waals surface area contributed by atoms with Crippen molar-refractivity contribution in [1.29, 1.82) is 5.26 Å². The molecule has 1 heterocycles. The second kappa shape index (κ2) is 12.4. The van der Waals surface area contributed by atoms with Crippen LogP contribution in [0.5, 0.6) is 23.0 Å². The molecule has 0 bridgehead atoms. The molecule has 0 amide bonds. The molecule has 4 aromatic carbocycles. The van der Waals surface area contributed by atoms with Gasteiger partial charge in [-0.3, -0.25) is 0 Å². The van der Waals surface area contributed by atoms with E-state index in [1.807, 2.05) is 12.1 Å². The zero-order valence-corrected chi connectivity index (χ0v) is 24.8. The van der Waals surface area contributed by atoms with Crippen LogP contribution in [-0.4, -0.2) is 13.1 Å². The number of rotatable bonds is 7. The standard InChI is InChI=1S/C31H20Cl4N2O5/c1-39-29-25(34)10-18(11-26(29)35)31(38)41-21-8-9-22-27(13-21)42-30(37)23(14-36)28(22)16-3-6-20(7-4-16)40-15-17-2-5-19(32)12-24(17)33/h2-13,28H,15,37H2,1H3. The van der Waals surface area contributed by atoms with Crippen LogP contribution in [0.25, 0.3) is 0 Å². The van der Waals surface area contributed by atoms with Gasteiger partial charge in [-0.1, -0.05) is 70.7 Å². The van der Waals surface area contributed by atoms with E-state index in [0.717, 1.165) is 11.1 Å². The second-order valence-electron chi connectivity index (χ2n) is 9.08. The van der Waals surface area contributed by atoms with E-state index < -0.39 is 11.9 Å². The Morgan fingerprint density at radius 1 is 0.929 bits per heavy atom. The van der Waals surface area contributed by atoms with E-state index in [4.69, 9.17) is 71.1 Å². The van der Waals surface area contributed by atoms with Crippen LogP contribution in [0.2, 0.25) is 20.1 Å². The Kier molecular flexibility index (Phi) is 8.72. The van der Waals surface area contributed by atoms with E-state index in [1.165, 1.54) is 25.3 Å². The minimum Gasteiger partial charge on any atom is -0.494 e. The van der Waals surface area contributed by atoms with Gasteiger partial charge < -0.3 is 24.7 Å². The van der Waals surface area contributed by atoms with Gasteiger partial charge in [0.05, 0.1) is 28.6 Å². The topological polar surface area (TPSA) is 104 Å². The second-order valence-corrected chi connectivity index (χ2v) is 10.7. The van der Waals surface area contributed by atoms with E-state index in [-0.39, 0.29) is 45.2 Å². The number of nitrogens with zero attached hydrogens (tertiary/aromatic N) is 1. The van der Waals surface area contributed by atoms with Crippen molar-refractivity contribution in [3.63, 3.8) is 0 Å². The van der Waals surface area contributed by atoms with Crippen molar-refractivity contribution in [3.8, 4) is 29.1 Å². The highest BCUT2D eigenvalue weighted by Gasteiger charge is 2.31. The van der Waals surface area contributed by atoms with Crippen LogP contribution >= 0.6 is 46.4 Å². The first-order valence-electron chi connectivity index (χ1n) is 12.3. The third-order valence-corrected chi connectivity index (χ3v) is 7.61. The fourth-order valence-electron chi connectivity index (χ4n) is 4.44. The van der Waals surface area contributed by atoms with Crippen molar-refractivity contribution in [3.05, 3.63) is 127 Å². The number of fused-ring (bicyclic) bond motifs is 1. The van der Waals surface area contributed by atoms with Crippen molar-refractivity contribution in [1.82, 2.24) is 0 Å². The number of hydrogen-bond acceptors (Lipinski definition) is 7. The summed E-state index contributed by atoms with van der Waals surface area (Å²) < 4.78 is 22.3. The molecular weight excluding hydrogens is 622 g/mol. The van der Waals surface area contributed by atoms with Crippen LogP contribution in [-0.2, 0) is 6.61 Å². The van der Waals surface area contributed by atoms with Crippen LogP contribution in [0.3, 0.4) is 0 Å². The highest BCUT2D eigenvalue weighted by atomic mass is 35.5. The highest BCUT2D eigenvalue weighted by Crippen LogP contribution is 2.44. The van der Waals surface area contributed by atoms with Crippen LogP contribution in [0.15, 0.2) is 84.3 Å². The maximum absolute atomic E-state index is 12.8. The molecule has 42 heavy (non-hydrogen) atoms. The van der Waals surface area contributed by atoms with E-state index in [9.17, 15) is 10.1 Å². The molecule has 2 N–H and O–H groups in total. The molecule has 0 saturated carbocycles. The predicted octanol–water partition coefficient (Wildman–Crippen LogP) is 8.33. The smallest absolute Gasteiger partial charge is 0.343 e. The third-order valence-electron chi connectivity index (χ3n) is 6.46. The van der Waals surface area contributed by atoms with Gasteiger partial charge in [0.1, 0.15) is 35.5 Å². The molecule has 11 heteroatoms. The number of ether oxygens (including phenoxy) is 4. The number of methoxy groups -OCH3 is 1. The summed E-state index contributed by atoms with van der Waals surface area (Å²) >= 11 is 24.5. The number of hydrogen-bond donors (Lipinski definition) is 1. The molecule has 0 saturated heterocycles. The van der Waals surface area contributed by atoms with Crippen molar-refractivity contribution in [2.45, 2.75) is 12.5 Å². The van der Waals surface area contributed by atoms with Gasteiger partial charge in [-0.15, -0.1) is 0 Å². The summed E-state index contributed by atoms with van der Waals surface area (Å²) in [6, 6.07) is 22.3. The Labute approximate surface area is 261 Å². The summed E-state index contributed by atoms with van der Waals surface area (Å²) in [7, 11) is 1.42. The minimum atomic E-state index is -0.689. The molecule has 0 spiro atoms. The van der Waals surface area contributed by atoms with E-state index in [0.29, 0.717) is 27.1 Å². The first-order chi connectivity index (χ1) is 20.2. The van der Waals surface area contributed by atoms with Gasteiger partial charge in [-0.25, -0.2) is 4.79 Å². The lowest BCUT2D eigenvalue weighted by molar-refractivity contribution is 0.0734. The fraction of sp³-hybridized carbons (Fsp3) is 0.0968. The first-order valence-corrected chi connectivity index (χ1v) is 13.8. The number of esters is 1. The molecule has 1 atom stereocenters. The lowest BCUT2D eigenvalue weighted by Gasteiger charge is -2.27. The number of benzene rings is 4. The van der Waals surface area contributed by atoms with Crippen LogP contribution < -0.4 is 24.7 Å².